The van der Waals surface area contributed by atoms with Crippen LogP contribution >= 0.6 is 0 Å². The van der Waals surface area contributed by atoms with Gasteiger partial charge in [0.25, 0.3) is 0 Å². The lowest BCUT2D eigenvalue weighted by Crippen LogP contribution is -2.00. The SMILES string of the molecule is COc1cccc2cc(CNc3cccnc3C)oc12. The van der Waals surface area contributed by atoms with E-state index in [1.165, 1.54) is 0 Å². The Balaban J connectivity index is 1.83. The third-order valence-corrected chi connectivity index (χ3v) is 3.24. The maximum atomic E-state index is 5.84. The first-order valence-corrected chi connectivity index (χ1v) is 6.49. The number of para-hydroxylation sites is 1. The molecule has 2 aromatic heterocycles. The zero-order valence-electron chi connectivity index (χ0n) is 11.5. The molecule has 20 heavy (non-hydrogen) atoms. The quantitative estimate of drug-likeness (QED) is 0.782. The highest BCUT2D eigenvalue weighted by Crippen LogP contribution is 2.28. The lowest BCUT2D eigenvalue weighted by molar-refractivity contribution is 0.408. The van der Waals surface area contributed by atoms with Gasteiger partial charge >= 0.3 is 0 Å². The minimum Gasteiger partial charge on any atom is -0.493 e. The molecule has 1 N–H and O–H groups in total. The highest BCUT2D eigenvalue weighted by molar-refractivity contribution is 5.83. The predicted octanol–water partition coefficient (Wildman–Crippen LogP) is 3.76. The second-order valence-corrected chi connectivity index (χ2v) is 4.58. The molecule has 3 rings (SSSR count). The average molecular weight is 268 g/mol. The van der Waals surface area contributed by atoms with E-state index in [0.29, 0.717) is 6.54 Å². The number of hydrogen-bond donors (Lipinski definition) is 1. The Morgan fingerprint density at radius 2 is 2.15 bits per heavy atom. The average Bonchev–Trinajstić information content (AvgIpc) is 2.89. The van der Waals surface area contributed by atoms with Crippen LogP contribution in [-0.2, 0) is 6.54 Å². The number of anilines is 1. The van der Waals surface area contributed by atoms with Gasteiger partial charge in [0, 0.05) is 11.6 Å². The van der Waals surface area contributed by atoms with Gasteiger partial charge in [0.2, 0.25) is 0 Å². The van der Waals surface area contributed by atoms with Gasteiger partial charge in [0.15, 0.2) is 11.3 Å². The van der Waals surface area contributed by atoms with Gasteiger partial charge in [-0.1, -0.05) is 12.1 Å². The molecule has 2 heterocycles. The number of nitrogens with zero attached hydrogens (tertiary/aromatic N) is 1. The minimum atomic E-state index is 0.615. The predicted molar refractivity (Wildman–Crippen MR) is 79.1 cm³/mol. The Kier molecular flexibility index (Phi) is 3.29. The van der Waals surface area contributed by atoms with E-state index in [4.69, 9.17) is 9.15 Å². The minimum absolute atomic E-state index is 0.615. The third-order valence-electron chi connectivity index (χ3n) is 3.24. The molecule has 0 unspecified atom stereocenters. The Morgan fingerprint density at radius 1 is 1.25 bits per heavy atom. The van der Waals surface area contributed by atoms with Gasteiger partial charge in [0.05, 0.1) is 25.0 Å². The summed E-state index contributed by atoms with van der Waals surface area (Å²) in [6.07, 6.45) is 1.78. The van der Waals surface area contributed by atoms with Gasteiger partial charge in [-0.25, -0.2) is 0 Å². The number of benzene rings is 1. The number of methoxy groups -OCH3 is 1. The molecular weight excluding hydrogens is 252 g/mol. The second-order valence-electron chi connectivity index (χ2n) is 4.58. The van der Waals surface area contributed by atoms with Crippen molar-refractivity contribution in [2.24, 2.45) is 0 Å². The number of aromatic nitrogens is 1. The van der Waals surface area contributed by atoms with E-state index < -0.39 is 0 Å². The first kappa shape index (κ1) is 12.5. The molecule has 0 aliphatic rings. The molecule has 0 bridgehead atoms. The van der Waals surface area contributed by atoms with Crippen molar-refractivity contribution in [1.29, 1.82) is 0 Å². The number of ether oxygens (including phenoxy) is 1. The van der Waals surface area contributed by atoms with Crippen LogP contribution in [0, 0.1) is 6.92 Å². The summed E-state index contributed by atoms with van der Waals surface area (Å²) in [7, 11) is 1.65. The van der Waals surface area contributed by atoms with Crippen LogP contribution in [0.15, 0.2) is 47.0 Å². The van der Waals surface area contributed by atoms with Crippen molar-refractivity contribution in [2.75, 3.05) is 12.4 Å². The molecule has 0 saturated heterocycles. The molecule has 0 saturated carbocycles. The molecular formula is C16H16N2O2. The smallest absolute Gasteiger partial charge is 0.176 e. The topological polar surface area (TPSA) is 47.3 Å². The number of aryl methyl sites for hydroxylation is 1. The van der Waals surface area contributed by atoms with Crippen LogP contribution < -0.4 is 10.1 Å². The monoisotopic (exact) mass is 268 g/mol. The number of pyridine rings is 1. The highest BCUT2D eigenvalue weighted by atomic mass is 16.5. The molecule has 4 heteroatoms. The number of fused-ring (bicyclic) bond motifs is 1. The van der Waals surface area contributed by atoms with E-state index in [9.17, 15) is 0 Å². The first-order valence-electron chi connectivity index (χ1n) is 6.49. The van der Waals surface area contributed by atoms with Crippen molar-refractivity contribution in [1.82, 2.24) is 4.98 Å². The number of furan rings is 1. The van der Waals surface area contributed by atoms with Gasteiger partial charge in [0.1, 0.15) is 5.76 Å². The molecule has 102 valence electrons. The van der Waals surface area contributed by atoms with E-state index >= 15 is 0 Å². The maximum Gasteiger partial charge on any atom is 0.176 e. The third kappa shape index (κ3) is 2.32. The van der Waals surface area contributed by atoms with Crippen LogP contribution in [0.5, 0.6) is 5.75 Å². The molecule has 1 aromatic carbocycles. The summed E-state index contributed by atoms with van der Waals surface area (Å²) in [5.41, 5.74) is 2.77. The summed E-state index contributed by atoms with van der Waals surface area (Å²) in [4.78, 5) is 4.25. The zero-order chi connectivity index (χ0) is 13.9. The summed E-state index contributed by atoms with van der Waals surface area (Å²) in [6, 6.07) is 11.8. The fourth-order valence-electron chi connectivity index (χ4n) is 2.19. The molecule has 0 aliphatic carbocycles. The van der Waals surface area contributed by atoms with Crippen molar-refractivity contribution in [2.45, 2.75) is 13.5 Å². The number of rotatable bonds is 4. The molecule has 3 aromatic rings. The fraction of sp³-hybridized carbons (Fsp3) is 0.188. The van der Waals surface area contributed by atoms with Gasteiger partial charge in [-0.15, -0.1) is 0 Å². The van der Waals surface area contributed by atoms with E-state index in [1.807, 2.05) is 43.3 Å². The number of nitrogens with one attached hydrogen (secondary N) is 1. The molecule has 4 nitrogen and oxygen atoms in total. The van der Waals surface area contributed by atoms with Gasteiger partial charge in [-0.3, -0.25) is 4.98 Å². The lowest BCUT2D eigenvalue weighted by Gasteiger charge is -2.06. The lowest BCUT2D eigenvalue weighted by atomic mass is 10.2. The standard InChI is InChI=1S/C16H16N2O2/c1-11-14(6-4-8-17-11)18-10-13-9-12-5-3-7-15(19-2)16(12)20-13/h3-9,18H,10H2,1-2H3. The van der Waals surface area contributed by atoms with E-state index in [1.54, 1.807) is 13.3 Å². The van der Waals surface area contributed by atoms with Gasteiger partial charge in [-0.05, 0) is 31.2 Å². The molecule has 0 radical (unpaired) electrons. The molecule has 0 aliphatic heterocycles. The van der Waals surface area contributed by atoms with Crippen LogP contribution in [0.3, 0.4) is 0 Å². The fourth-order valence-corrected chi connectivity index (χ4v) is 2.19. The van der Waals surface area contributed by atoms with Crippen LogP contribution in [0.25, 0.3) is 11.0 Å². The summed E-state index contributed by atoms with van der Waals surface area (Å²) in [6.45, 7) is 2.59. The van der Waals surface area contributed by atoms with Crippen LogP contribution in [0.4, 0.5) is 5.69 Å². The van der Waals surface area contributed by atoms with E-state index in [-0.39, 0.29) is 0 Å². The van der Waals surface area contributed by atoms with Crippen molar-refractivity contribution in [3.8, 4) is 5.75 Å². The van der Waals surface area contributed by atoms with Crippen molar-refractivity contribution in [3.05, 3.63) is 54.0 Å². The van der Waals surface area contributed by atoms with Crippen LogP contribution in [-0.4, -0.2) is 12.1 Å². The maximum absolute atomic E-state index is 5.84. The molecule has 0 amide bonds. The van der Waals surface area contributed by atoms with Gasteiger partial charge < -0.3 is 14.5 Å². The zero-order valence-corrected chi connectivity index (χ0v) is 11.5. The van der Waals surface area contributed by atoms with Gasteiger partial charge in [-0.2, -0.15) is 0 Å². The Morgan fingerprint density at radius 3 is 2.95 bits per heavy atom. The van der Waals surface area contributed by atoms with E-state index in [0.717, 1.165) is 33.9 Å². The van der Waals surface area contributed by atoms with Crippen molar-refractivity contribution in [3.63, 3.8) is 0 Å². The molecule has 0 spiro atoms. The summed E-state index contributed by atoms with van der Waals surface area (Å²) < 4.78 is 11.1. The first-order chi connectivity index (χ1) is 9.78. The Bertz CT molecular complexity index is 734. The van der Waals surface area contributed by atoms with E-state index in [2.05, 4.69) is 10.3 Å². The van der Waals surface area contributed by atoms with Crippen LogP contribution in [0.1, 0.15) is 11.5 Å². The van der Waals surface area contributed by atoms with Crippen LogP contribution in [0.2, 0.25) is 0 Å². The molecule has 0 fully saturated rings. The summed E-state index contributed by atoms with van der Waals surface area (Å²) in [5.74, 6) is 1.62. The summed E-state index contributed by atoms with van der Waals surface area (Å²) >= 11 is 0. The second kappa shape index (κ2) is 5.25. The highest BCUT2D eigenvalue weighted by Gasteiger charge is 2.08. The Hall–Kier alpha value is -2.49. The van der Waals surface area contributed by atoms with Crippen molar-refractivity contribution < 1.29 is 9.15 Å². The number of hydrogen-bond acceptors (Lipinski definition) is 4. The largest absolute Gasteiger partial charge is 0.493 e. The normalized spacial score (nSPS) is 10.7. The molecule has 0 atom stereocenters. The van der Waals surface area contributed by atoms with Crippen molar-refractivity contribution >= 4 is 16.7 Å². The Labute approximate surface area is 117 Å². The summed E-state index contributed by atoms with van der Waals surface area (Å²) in [5, 5.41) is 4.38.